The highest BCUT2D eigenvalue weighted by molar-refractivity contribution is 7.16. The average Bonchev–Trinajstić information content (AvgIpc) is 2.97. The van der Waals surface area contributed by atoms with Crippen molar-refractivity contribution in [3.63, 3.8) is 0 Å². The van der Waals surface area contributed by atoms with Gasteiger partial charge < -0.3 is 10.4 Å². The van der Waals surface area contributed by atoms with Gasteiger partial charge in [-0.25, -0.2) is 9.97 Å². The van der Waals surface area contributed by atoms with E-state index >= 15 is 0 Å². The van der Waals surface area contributed by atoms with Crippen LogP contribution >= 0.6 is 11.3 Å². The van der Waals surface area contributed by atoms with Crippen molar-refractivity contribution in [1.29, 1.82) is 0 Å². The van der Waals surface area contributed by atoms with Crippen molar-refractivity contribution in [3.8, 4) is 0 Å². The van der Waals surface area contributed by atoms with Crippen molar-refractivity contribution in [2.45, 2.75) is 37.6 Å². The normalized spacial score (nSPS) is 17.7. The number of nitrogens with one attached hydrogen (secondary N) is 1. The van der Waals surface area contributed by atoms with Gasteiger partial charge in [0.2, 0.25) is 5.95 Å². The number of hydrogen-bond donors (Lipinski definition) is 2. The standard InChI is InChI=1S/C13H15N3O2S/c17-10(18)7-13(4-1-2-5-13)16-12-14-8-9-3-6-19-11(9)15-12/h3,6,8H,1-2,4-5,7H2,(H,17,18)(H,14,15,16). The lowest BCUT2D eigenvalue weighted by Gasteiger charge is -2.28. The molecular weight excluding hydrogens is 262 g/mol. The second-order valence-corrected chi connectivity index (χ2v) is 5.95. The van der Waals surface area contributed by atoms with Gasteiger partial charge in [0.1, 0.15) is 4.83 Å². The first-order valence-electron chi connectivity index (χ1n) is 6.37. The van der Waals surface area contributed by atoms with Gasteiger partial charge in [-0.1, -0.05) is 12.8 Å². The van der Waals surface area contributed by atoms with Crippen LogP contribution in [0.25, 0.3) is 10.2 Å². The molecule has 1 saturated carbocycles. The van der Waals surface area contributed by atoms with Crippen LogP contribution in [0.1, 0.15) is 32.1 Å². The summed E-state index contributed by atoms with van der Waals surface area (Å²) in [5, 5.41) is 15.3. The number of hydrogen-bond acceptors (Lipinski definition) is 5. The first-order valence-corrected chi connectivity index (χ1v) is 7.25. The van der Waals surface area contributed by atoms with Crippen molar-refractivity contribution < 1.29 is 9.90 Å². The molecule has 100 valence electrons. The van der Waals surface area contributed by atoms with Crippen LogP contribution in [0.15, 0.2) is 17.6 Å². The van der Waals surface area contributed by atoms with Crippen LogP contribution < -0.4 is 5.32 Å². The molecule has 6 heteroatoms. The van der Waals surface area contributed by atoms with E-state index in [9.17, 15) is 4.79 Å². The van der Waals surface area contributed by atoms with Gasteiger partial charge in [0.15, 0.2) is 0 Å². The number of nitrogens with zero attached hydrogens (tertiary/aromatic N) is 2. The first-order chi connectivity index (χ1) is 9.17. The molecular formula is C13H15N3O2S. The summed E-state index contributed by atoms with van der Waals surface area (Å²) in [5.74, 6) is -0.232. The molecule has 2 N–H and O–H groups in total. The molecule has 0 radical (unpaired) electrons. The molecule has 1 aliphatic carbocycles. The highest BCUT2D eigenvalue weighted by Crippen LogP contribution is 2.35. The fourth-order valence-electron chi connectivity index (χ4n) is 2.74. The molecule has 1 fully saturated rings. The number of fused-ring (bicyclic) bond motifs is 1. The molecule has 0 unspecified atom stereocenters. The number of rotatable bonds is 4. The van der Waals surface area contributed by atoms with Crippen LogP contribution in [0.2, 0.25) is 0 Å². The molecule has 0 spiro atoms. The van der Waals surface area contributed by atoms with Crippen molar-refractivity contribution in [1.82, 2.24) is 9.97 Å². The highest BCUT2D eigenvalue weighted by atomic mass is 32.1. The molecule has 2 aromatic rings. The summed E-state index contributed by atoms with van der Waals surface area (Å²) in [4.78, 5) is 20.7. The zero-order chi connectivity index (χ0) is 13.3. The minimum absolute atomic E-state index is 0.124. The minimum Gasteiger partial charge on any atom is -0.481 e. The lowest BCUT2D eigenvalue weighted by atomic mass is 9.93. The molecule has 0 aromatic carbocycles. The fourth-order valence-corrected chi connectivity index (χ4v) is 3.48. The van der Waals surface area contributed by atoms with E-state index in [1.807, 2.05) is 11.4 Å². The first kappa shape index (κ1) is 12.3. The number of carbonyl (C=O) groups is 1. The molecule has 0 amide bonds. The van der Waals surface area contributed by atoms with Crippen LogP contribution in [0, 0.1) is 0 Å². The molecule has 19 heavy (non-hydrogen) atoms. The van der Waals surface area contributed by atoms with Crippen LogP contribution in [0.4, 0.5) is 5.95 Å². The Bertz CT molecular complexity index is 605. The number of carboxylic acids is 1. The van der Waals surface area contributed by atoms with Crippen molar-refractivity contribution >= 4 is 33.5 Å². The smallest absolute Gasteiger partial charge is 0.305 e. The van der Waals surface area contributed by atoms with Gasteiger partial charge >= 0.3 is 5.97 Å². The van der Waals surface area contributed by atoms with E-state index in [1.165, 1.54) is 0 Å². The van der Waals surface area contributed by atoms with Gasteiger partial charge in [0, 0.05) is 11.6 Å². The topological polar surface area (TPSA) is 75.1 Å². The molecule has 5 nitrogen and oxygen atoms in total. The third-order valence-electron chi connectivity index (χ3n) is 3.63. The predicted octanol–water partition coefficient (Wildman–Crippen LogP) is 2.89. The lowest BCUT2D eigenvalue weighted by Crippen LogP contribution is -2.38. The fraction of sp³-hybridized carbons (Fsp3) is 0.462. The van der Waals surface area contributed by atoms with Crippen molar-refractivity contribution in [2.24, 2.45) is 0 Å². The van der Waals surface area contributed by atoms with Crippen LogP contribution in [-0.4, -0.2) is 26.6 Å². The maximum atomic E-state index is 11.0. The van der Waals surface area contributed by atoms with Gasteiger partial charge in [-0.15, -0.1) is 11.3 Å². The Morgan fingerprint density at radius 1 is 1.47 bits per heavy atom. The van der Waals surface area contributed by atoms with E-state index in [-0.39, 0.29) is 12.0 Å². The average molecular weight is 277 g/mol. The van der Waals surface area contributed by atoms with E-state index in [2.05, 4.69) is 15.3 Å². The van der Waals surface area contributed by atoms with Gasteiger partial charge in [-0.2, -0.15) is 0 Å². The molecule has 1 aliphatic rings. The number of anilines is 1. The van der Waals surface area contributed by atoms with E-state index in [0.717, 1.165) is 35.9 Å². The Balaban J connectivity index is 1.86. The van der Waals surface area contributed by atoms with E-state index in [0.29, 0.717) is 5.95 Å². The summed E-state index contributed by atoms with van der Waals surface area (Å²) in [7, 11) is 0. The molecule has 0 aliphatic heterocycles. The summed E-state index contributed by atoms with van der Waals surface area (Å²) < 4.78 is 0. The van der Waals surface area contributed by atoms with Gasteiger partial charge in [0.05, 0.1) is 12.0 Å². The predicted molar refractivity (Wildman–Crippen MR) is 74.5 cm³/mol. The summed E-state index contributed by atoms with van der Waals surface area (Å²) >= 11 is 1.56. The molecule has 0 bridgehead atoms. The summed E-state index contributed by atoms with van der Waals surface area (Å²) in [6, 6.07) is 1.98. The quantitative estimate of drug-likeness (QED) is 0.898. The summed E-state index contributed by atoms with van der Waals surface area (Å²) in [6.07, 6.45) is 5.75. The summed E-state index contributed by atoms with van der Waals surface area (Å²) in [5.41, 5.74) is -0.378. The third kappa shape index (κ3) is 2.53. The Labute approximate surface area is 114 Å². The third-order valence-corrected chi connectivity index (χ3v) is 4.46. The second kappa shape index (κ2) is 4.77. The van der Waals surface area contributed by atoms with Crippen LogP contribution in [0.3, 0.4) is 0 Å². The number of carboxylic acid groups (broad SMARTS) is 1. The lowest BCUT2D eigenvalue weighted by molar-refractivity contribution is -0.138. The Morgan fingerprint density at radius 3 is 3.00 bits per heavy atom. The Hall–Kier alpha value is -1.69. The van der Waals surface area contributed by atoms with Crippen molar-refractivity contribution in [2.75, 3.05) is 5.32 Å². The van der Waals surface area contributed by atoms with Crippen LogP contribution in [-0.2, 0) is 4.79 Å². The maximum Gasteiger partial charge on any atom is 0.305 e. The zero-order valence-corrected chi connectivity index (χ0v) is 11.2. The number of thiophene rings is 1. The molecule has 2 aromatic heterocycles. The number of aromatic nitrogens is 2. The van der Waals surface area contributed by atoms with Gasteiger partial charge in [0.25, 0.3) is 0 Å². The van der Waals surface area contributed by atoms with Gasteiger partial charge in [-0.3, -0.25) is 4.79 Å². The molecule has 0 atom stereocenters. The highest BCUT2D eigenvalue weighted by Gasteiger charge is 2.36. The Morgan fingerprint density at radius 2 is 2.26 bits per heavy atom. The Kier molecular flexibility index (Phi) is 3.10. The maximum absolute atomic E-state index is 11.0. The minimum atomic E-state index is -0.772. The summed E-state index contributed by atoms with van der Waals surface area (Å²) in [6.45, 7) is 0. The molecule has 3 rings (SSSR count). The SMILES string of the molecule is O=C(O)CC1(Nc2ncc3ccsc3n2)CCCC1. The molecule has 0 saturated heterocycles. The van der Waals surface area contributed by atoms with Crippen LogP contribution in [0.5, 0.6) is 0 Å². The molecule has 2 heterocycles. The largest absolute Gasteiger partial charge is 0.481 e. The van der Waals surface area contributed by atoms with Crippen molar-refractivity contribution in [3.05, 3.63) is 17.6 Å². The monoisotopic (exact) mass is 277 g/mol. The number of aliphatic carboxylic acids is 1. The van der Waals surface area contributed by atoms with E-state index in [1.54, 1.807) is 17.5 Å². The van der Waals surface area contributed by atoms with E-state index < -0.39 is 5.97 Å². The van der Waals surface area contributed by atoms with E-state index in [4.69, 9.17) is 5.11 Å². The zero-order valence-electron chi connectivity index (χ0n) is 10.4. The van der Waals surface area contributed by atoms with Gasteiger partial charge in [-0.05, 0) is 24.3 Å². The second-order valence-electron chi connectivity index (χ2n) is 5.06.